The molecule has 45 heavy (non-hydrogen) atoms. The van der Waals surface area contributed by atoms with E-state index in [9.17, 15) is 18.4 Å². The van der Waals surface area contributed by atoms with Crippen molar-refractivity contribution < 1.29 is 18.3 Å². The minimum absolute atomic E-state index is 0.00712. The average molecular weight is 626 g/mol. The first-order valence-corrected chi connectivity index (χ1v) is 15.7. The highest BCUT2D eigenvalue weighted by Crippen LogP contribution is 2.33. The third-order valence-corrected chi connectivity index (χ3v) is 8.59. The predicted octanol–water partition coefficient (Wildman–Crippen LogP) is 4.42. The number of anilines is 2. The number of nitrogens with zero attached hydrogens (tertiary/aromatic N) is 9. The first-order valence-electron chi connectivity index (χ1n) is 15.7. The molecule has 3 aliphatic rings. The van der Waals surface area contributed by atoms with Gasteiger partial charge in [-0.1, -0.05) is 5.21 Å². The van der Waals surface area contributed by atoms with Crippen molar-refractivity contribution in [1.82, 2.24) is 34.4 Å². The number of hydrogen-bond donors (Lipinski definition) is 0. The minimum Gasteiger partial charge on any atom is -0.444 e. The molecular weight excluding hydrogens is 584 g/mol. The van der Waals surface area contributed by atoms with Gasteiger partial charge in [0.1, 0.15) is 29.0 Å². The van der Waals surface area contributed by atoms with Crippen LogP contribution in [0.1, 0.15) is 66.0 Å². The van der Waals surface area contributed by atoms with Crippen LogP contribution in [0.25, 0.3) is 11.4 Å². The second-order valence-corrected chi connectivity index (χ2v) is 13.5. The fraction of sp³-hybridized carbons (Fsp3) is 0.613. The lowest BCUT2D eigenvalue weighted by Gasteiger charge is -2.40. The molecule has 1 saturated carbocycles. The van der Waals surface area contributed by atoms with E-state index in [-0.39, 0.29) is 30.7 Å². The number of alkyl halides is 2. The Kier molecular flexibility index (Phi) is 8.25. The number of halogens is 2. The second-order valence-electron chi connectivity index (χ2n) is 13.5. The van der Waals surface area contributed by atoms with Crippen molar-refractivity contribution in [2.24, 2.45) is 5.92 Å². The van der Waals surface area contributed by atoms with Crippen LogP contribution in [0.15, 0.2) is 41.7 Å². The lowest BCUT2D eigenvalue weighted by atomic mass is 10.0. The molecule has 3 aromatic rings. The van der Waals surface area contributed by atoms with Crippen molar-refractivity contribution in [3.05, 3.63) is 47.3 Å². The zero-order valence-electron chi connectivity index (χ0n) is 26.3. The number of hydrogen-bond acceptors (Lipinski definition) is 9. The fourth-order valence-corrected chi connectivity index (χ4v) is 5.97. The maximum Gasteiger partial charge on any atom is 0.410 e. The first-order chi connectivity index (χ1) is 21.3. The lowest BCUT2D eigenvalue weighted by molar-refractivity contribution is 0.0134. The number of carbonyl (C=O) groups is 1. The van der Waals surface area contributed by atoms with Crippen LogP contribution in [0.3, 0.4) is 0 Å². The molecule has 14 heteroatoms. The van der Waals surface area contributed by atoms with E-state index in [0.717, 1.165) is 37.9 Å². The van der Waals surface area contributed by atoms with Gasteiger partial charge in [0.05, 0.1) is 31.2 Å². The second kappa shape index (κ2) is 12.0. The number of piperidine rings is 1. The summed E-state index contributed by atoms with van der Waals surface area (Å²) in [6.45, 7) is 9.43. The average Bonchev–Trinajstić information content (AvgIpc) is 3.54. The van der Waals surface area contributed by atoms with Gasteiger partial charge in [-0.3, -0.25) is 14.3 Å². The van der Waals surface area contributed by atoms with Crippen LogP contribution < -0.4 is 15.4 Å². The number of rotatable bonds is 8. The summed E-state index contributed by atoms with van der Waals surface area (Å²) >= 11 is 0. The van der Waals surface area contributed by atoms with E-state index in [1.54, 1.807) is 27.7 Å². The highest BCUT2D eigenvalue weighted by Gasteiger charge is 2.39. The molecule has 0 spiro atoms. The molecule has 0 aromatic carbocycles. The molecule has 0 radical (unpaired) electrons. The molecule has 2 atom stereocenters. The molecule has 1 aliphatic carbocycles. The Morgan fingerprint density at radius 2 is 1.96 bits per heavy atom. The van der Waals surface area contributed by atoms with Crippen LogP contribution in [-0.4, -0.2) is 90.8 Å². The monoisotopic (exact) mass is 625 g/mol. The van der Waals surface area contributed by atoms with Gasteiger partial charge in [0.25, 0.3) is 11.5 Å². The Labute approximate surface area is 261 Å². The number of carbonyl (C=O) groups excluding carboxylic acids is 1. The summed E-state index contributed by atoms with van der Waals surface area (Å²) in [7, 11) is 0. The van der Waals surface area contributed by atoms with Crippen molar-refractivity contribution in [3.63, 3.8) is 0 Å². The summed E-state index contributed by atoms with van der Waals surface area (Å²) in [5, 5.41) is 8.43. The summed E-state index contributed by atoms with van der Waals surface area (Å²) in [5.74, 6) is -1.85. The normalized spacial score (nSPS) is 20.7. The molecule has 0 bridgehead atoms. The number of ether oxygens (including phenoxy) is 1. The molecule has 0 N–H and O–H groups in total. The summed E-state index contributed by atoms with van der Waals surface area (Å²) in [6, 6.07) is 3.54. The quantitative estimate of drug-likeness (QED) is 0.359. The smallest absolute Gasteiger partial charge is 0.410 e. The van der Waals surface area contributed by atoms with E-state index in [1.165, 1.54) is 17.3 Å². The van der Waals surface area contributed by atoms with E-state index in [1.807, 2.05) is 38.7 Å². The van der Waals surface area contributed by atoms with Crippen molar-refractivity contribution >= 4 is 17.6 Å². The Morgan fingerprint density at radius 3 is 2.64 bits per heavy atom. The van der Waals surface area contributed by atoms with E-state index < -0.39 is 24.2 Å². The zero-order valence-corrected chi connectivity index (χ0v) is 26.3. The SMILES string of the molecule is CC(n1cc(-c2cncc(N3CCC(F)(F)C3)n2)nn1)n1ccc(N2CCC[C@@H](N(CC3CC3)C(=O)OC(C)(C)C)C2)cc1=O. The molecule has 3 aromatic heterocycles. The van der Waals surface area contributed by atoms with Crippen LogP contribution in [-0.2, 0) is 4.74 Å². The highest BCUT2D eigenvalue weighted by molar-refractivity contribution is 5.69. The highest BCUT2D eigenvalue weighted by atomic mass is 19.3. The molecule has 1 unspecified atom stereocenters. The summed E-state index contributed by atoms with van der Waals surface area (Å²) in [4.78, 5) is 40.8. The van der Waals surface area contributed by atoms with Gasteiger partial charge < -0.3 is 19.4 Å². The molecule has 242 valence electrons. The first kappa shape index (κ1) is 30.9. The minimum atomic E-state index is -2.74. The third kappa shape index (κ3) is 7.25. The Bertz CT molecular complexity index is 1580. The Balaban J connectivity index is 1.14. The topological polar surface area (TPSA) is 115 Å². The van der Waals surface area contributed by atoms with Gasteiger partial charge in [0.2, 0.25) is 0 Å². The van der Waals surface area contributed by atoms with Gasteiger partial charge in [-0.15, -0.1) is 5.10 Å². The van der Waals surface area contributed by atoms with Gasteiger partial charge in [0, 0.05) is 50.6 Å². The molecule has 2 saturated heterocycles. The van der Waals surface area contributed by atoms with Crippen molar-refractivity contribution in [1.29, 1.82) is 0 Å². The maximum absolute atomic E-state index is 13.7. The molecule has 5 heterocycles. The molecule has 2 aliphatic heterocycles. The van der Waals surface area contributed by atoms with Gasteiger partial charge >= 0.3 is 6.09 Å². The molecule has 3 fully saturated rings. The lowest BCUT2D eigenvalue weighted by Crippen LogP contribution is -2.52. The number of amides is 1. The maximum atomic E-state index is 13.7. The van der Waals surface area contributed by atoms with E-state index >= 15 is 0 Å². The summed E-state index contributed by atoms with van der Waals surface area (Å²) < 4.78 is 36.3. The fourth-order valence-electron chi connectivity index (χ4n) is 5.97. The molecule has 1 amide bonds. The molecular formula is C31H41F2N9O3. The Hall–Kier alpha value is -4.10. The summed E-state index contributed by atoms with van der Waals surface area (Å²) in [5.41, 5.74) is 0.878. The van der Waals surface area contributed by atoms with E-state index in [4.69, 9.17) is 4.74 Å². The van der Waals surface area contributed by atoms with Crippen LogP contribution in [0.4, 0.5) is 25.1 Å². The van der Waals surface area contributed by atoms with E-state index in [0.29, 0.717) is 36.2 Å². The van der Waals surface area contributed by atoms with Crippen molar-refractivity contribution in [2.45, 2.75) is 83.5 Å². The van der Waals surface area contributed by atoms with Gasteiger partial charge in [0.15, 0.2) is 0 Å². The predicted molar refractivity (Wildman–Crippen MR) is 165 cm³/mol. The van der Waals surface area contributed by atoms with E-state index in [2.05, 4.69) is 25.2 Å². The van der Waals surface area contributed by atoms with Gasteiger partial charge in [-0.25, -0.2) is 23.2 Å². The van der Waals surface area contributed by atoms with Crippen LogP contribution in [0.5, 0.6) is 0 Å². The largest absolute Gasteiger partial charge is 0.444 e. The van der Waals surface area contributed by atoms with Gasteiger partial charge in [-0.2, -0.15) is 0 Å². The van der Waals surface area contributed by atoms with Gasteiger partial charge in [-0.05, 0) is 65.4 Å². The zero-order chi connectivity index (χ0) is 31.9. The van der Waals surface area contributed by atoms with Crippen molar-refractivity contribution in [3.8, 4) is 11.4 Å². The molecule has 12 nitrogen and oxygen atoms in total. The molecule has 6 rings (SSSR count). The third-order valence-electron chi connectivity index (χ3n) is 8.59. The van der Waals surface area contributed by atoms with Crippen LogP contribution in [0, 0.1) is 5.92 Å². The standard InChI is InChI=1S/C31H41F2N9O3/c1-21(42-19-26(36-37-42)25-15-34-16-27(35-25)39-13-10-31(32,33)20-39)40-12-9-23(14-28(40)43)38-11-5-6-24(18-38)41(17-22-7-8-22)29(44)45-30(2,3)4/h9,12,14-16,19,21-22,24H,5-8,10-11,13,17-18,20H2,1-4H3/t21?,24-/m1/s1. The number of aromatic nitrogens is 6. The van der Waals surface area contributed by atoms with Crippen molar-refractivity contribution in [2.75, 3.05) is 42.5 Å². The number of pyridine rings is 1. The van der Waals surface area contributed by atoms with Crippen LogP contribution in [0.2, 0.25) is 0 Å². The summed E-state index contributed by atoms with van der Waals surface area (Å²) in [6.07, 6.45) is 9.48. The Morgan fingerprint density at radius 1 is 1.16 bits per heavy atom. The van der Waals surface area contributed by atoms with Crippen LogP contribution >= 0.6 is 0 Å².